The largest absolute Gasteiger partial charge is 0.436 e. The number of carbonyl (C=O) groups is 1. The van der Waals surface area contributed by atoms with Crippen LogP contribution in [0.1, 0.15) is 21.5 Å². The topological polar surface area (TPSA) is 67.2 Å². The third-order valence-electron chi connectivity index (χ3n) is 4.42. The smallest absolute Gasteiger partial charge is 0.257 e. The molecular weight excluding hydrogens is 382 g/mol. The van der Waals surface area contributed by atoms with Gasteiger partial charge >= 0.3 is 0 Å². The summed E-state index contributed by atoms with van der Waals surface area (Å²) in [6.45, 7) is 3.96. The highest BCUT2D eigenvalue weighted by Crippen LogP contribution is 2.26. The number of carbonyl (C=O) groups excluding carboxylic acids is 1. The van der Waals surface area contributed by atoms with E-state index in [4.69, 9.17) is 16.6 Å². The molecule has 4 aromatic rings. The lowest BCUT2D eigenvalue weighted by atomic mass is 10.1. The fraction of sp³-hybridized carbons (Fsp3) is 0.0870. The molecule has 2 N–H and O–H groups in total. The SMILES string of the molecule is Cc1cccc(C(=O)NC(=S)Nc2ccc3oc(-c4cccc(C)c4)nc3c2)c1. The molecule has 0 bridgehead atoms. The summed E-state index contributed by atoms with van der Waals surface area (Å²) >= 11 is 5.28. The van der Waals surface area contributed by atoms with Crippen molar-refractivity contribution in [3.05, 3.63) is 83.4 Å². The highest BCUT2D eigenvalue weighted by molar-refractivity contribution is 7.80. The Morgan fingerprint density at radius 2 is 1.72 bits per heavy atom. The van der Waals surface area contributed by atoms with Crippen LogP contribution < -0.4 is 10.6 Å². The van der Waals surface area contributed by atoms with Gasteiger partial charge in [0.2, 0.25) is 5.89 Å². The zero-order chi connectivity index (χ0) is 20.4. The van der Waals surface area contributed by atoms with Crippen LogP contribution in [0.4, 0.5) is 5.69 Å². The molecule has 0 atom stereocenters. The number of amides is 1. The number of anilines is 1. The number of thiocarbonyl (C=S) groups is 1. The van der Waals surface area contributed by atoms with Crippen molar-refractivity contribution in [2.75, 3.05) is 5.32 Å². The monoisotopic (exact) mass is 401 g/mol. The highest BCUT2D eigenvalue weighted by atomic mass is 32.1. The second-order valence-electron chi connectivity index (χ2n) is 6.85. The quantitative estimate of drug-likeness (QED) is 0.460. The van der Waals surface area contributed by atoms with Crippen molar-refractivity contribution in [3.63, 3.8) is 0 Å². The van der Waals surface area contributed by atoms with Gasteiger partial charge in [-0.2, -0.15) is 0 Å². The number of nitrogens with one attached hydrogen (secondary N) is 2. The summed E-state index contributed by atoms with van der Waals surface area (Å²) in [6, 6.07) is 20.8. The summed E-state index contributed by atoms with van der Waals surface area (Å²) in [6.07, 6.45) is 0. The molecule has 0 aliphatic rings. The summed E-state index contributed by atoms with van der Waals surface area (Å²) in [5.41, 5.74) is 5.75. The number of rotatable bonds is 3. The Hall–Kier alpha value is -3.51. The summed E-state index contributed by atoms with van der Waals surface area (Å²) in [7, 11) is 0. The van der Waals surface area contributed by atoms with Gasteiger partial charge in [0, 0.05) is 16.8 Å². The van der Waals surface area contributed by atoms with Crippen molar-refractivity contribution in [2.45, 2.75) is 13.8 Å². The number of aromatic nitrogens is 1. The Balaban J connectivity index is 1.49. The van der Waals surface area contributed by atoms with E-state index in [1.54, 1.807) is 6.07 Å². The van der Waals surface area contributed by atoms with Gasteiger partial charge in [-0.25, -0.2) is 4.98 Å². The third-order valence-corrected chi connectivity index (χ3v) is 4.62. The summed E-state index contributed by atoms with van der Waals surface area (Å²) in [5, 5.41) is 5.94. The lowest BCUT2D eigenvalue weighted by Gasteiger charge is -2.09. The van der Waals surface area contributed by atoms with Crippen molar-refractivity contribution in [2.24, 2.45) is 0 Å². The maximum Gasteiger partial charge on any atom is 0.257 e. The lowest BCUT2D eigenvalue weighted by Crippen LogP contribution is -2.34. The molecule has 29 heavy (non-hydrogen) atoms. The van der Waals surface area contributed by atoms with Crippen LogP contribution in [-0.4, -0.2) is 16.0 Å². The van der Waals surface area contributed by atoms with Gasteiger partial charge in [0.05, 0.1) is 0 Å². The van der Waals surface area contributed by atoms with Crippen LogP contribution in [0, 0.1) is 13.8 Å². The average Bonchev–Trinajstić information content (AvgIpc) is 3.11. The fourth-order valence-corrected chi connectivity index (χ4v) is 3.24. The summed E-state index contributed by atoms with van der Waals surface area (Å²) < 4.78 is 5.86. The van der Waals surface area contributed by atoms with Gasteiger partial charge in [0.25, 0.3) is 5.91 Å². The van der Waals surface area contributed by atoms with E-state index < -0.39 is 0 Å². The Kier molecular flexibility index (Phi) is 5.10. The number of oxazole rings is 1. The van der Waals surface area contributed by atoms with Gasteiger partial charge < -0.3 is 9.73 Å². The van der Waals surface area contributed by atoms with E-state index in [0.717, 1.165) is 22.4 Å². The molecule has 5 nitrogen and oxygen atoms in total. The highest BCUT2D eigenvalue weighted by Gasteiger charge is 2.11. The van der Waals surface area contributed by atoms with Crippen molar-refractivity contribution < 1.29 is 9.21 Å². The minimum Gasteiger partial charge on any atom is -0.436 e. The number of nitrogens with zero attached hydrogens (tertiary/aromatic N) is 1. The molecule has 3 aromatic carbocycles. The Bertz CT molecular complexity index is 1230. The van der Waals surface area contributed by atoms with Crippen LogP contribution in [0.5, 0.6) is 0 Å². The minimum atomic E-state index is -0.254. The molecule has 0 aliphatic heterocycles. The maximum atomic E-state index is 12.3. The number of hydrogen-bond acceptors (Lipinski definition) is 4. The van der Waals surface area contributed by atoms with Gasteiger partial charge in [0.15, 0.2) is 10.7 Å². The summed E-state index contributed by atoms with van der Waals surface area (Å²) in [5.74, 6) is 0.312. The van der Waals surface area contributed by atoms with E-state index in [-0.39, 0.29) is 11.0 Å². The molecule has 0 fully saturated rings. The predicted octanol–water partition coefficient (Wildman–Crippen LogP) is 5.24. The average molecular weight is 401 g/mol. The minimum absolute atomic E-state index is 0.221. The Morgan fingerprint density at radius 1 is 0.966 bits per heavy atom. The predicted molar refractivity (Wildman–Crippen MR) is 119 cm³/mol. The van der Waals surface area contributed by atoms with Gasteiger partial charge in [-0.05, 0) is 68.5 Å². The van der Waals surface area contributed by atoms with Crippen LogP contribution in [0.2, 0.25) is 0 Å². The molecule has 0 saturated carbocycles. The molecule has 1 amide bonds. The van der Waals surface area contributed by atoms with Crippen LogP contribution in [-0.2, 0) is 0 Å². The van der Waals surface area contributed by atoms with Crippen LogP contribution in [0.25, 0.3) is 22.6 Å². The van der Waals surface area contributed by atoms with E-state index in [1.165, 1.54) is 0 Å². The van der Waals surface area contributed by atoms with Crippen LogP contribution >= 0.6 is 12.2 Å². The zero-order valence-corrected chi connectivity index (χ0v) is 16.8. The molecule has 0 spiro atoms. The molecule has 144 valence electrons. The number of hydrogen-bond donors (Lipinski definition) is 2. The van der Waals surface area contributed by atoms with Crippen LogP contribution in [0.3, 0.4) is 0 Å². The van der Waals surface area contributed by atoms with Crippen LogP contribution in [0.15, 0.2) is 71.1 Å². The van der Waals surface area contributed by atoms with E-state index in [1.807, 2.05) is 74.5 Å². The first-order valence-corrected chi connectivity index (χ1v) is 9.55. The molecular formula is C23H19N3O2S. The first-order chi connectivity index (χ1) is 14.0. The Morgan fingerprint density at radius 3 is 2.48 bits per heavy atom. The van der Waals surface area contributed by atoms with Crippen molar-refractivity contribution in [1.82, 2.24) is 10.3 Å². The second-order valence-corrected chi connectivity index (χ2v) is 7.26. The number of benzene rings is 3. The fourth-order valence-electron chi connectivity index (χ4n) is 3.03. The van der Waals surface area contributed by atoms with E-state index >= 15 is 0 Å². The van der Waals surface area contributed by atoms with Crippen molar-refractivity contribution in [1.29, 1.82) is 0 Å². The molecule has 0 unspecified atom stereocenters. The number of aryl methyl sites for hydroxylation is 2. The standard InChI is InChI=1S/C23H19N3O2S/c1-14-5-3-7-16(11-14)21(27)26-23(29)24-18-9-10-20-19(13-18)25-22(28-20)17-8-4-6-15(2)12-17/h3-13H,1-2H3,(H2,24,26,27,29). The summed E-state index contributed by atoms with van der Waals surface area (Å²) in [4.78, 5) is 16.9. The van der Waals surface area contributed by atoms with Gasteiger partial charge in [-0.1, -0.05) is 35.4 Å². The van der Waals surface area contributed by atoms with E-state index in [2.05, 4.69) is 15.6 Å². The second kappa shape index (κ2) is 7.85. The van der Waals surface area contributed by atoms with E-state index in [9.17, 15) is 4.79 Å². The van der Waals surface area contributed by atoms with Gasteiger partial charge in [-0.3, -0.25) is 10.1 Å². The molecule has 1 heterocycles. The molecule has 0 saturated heterocycles. The molecule has 0 aliphatic carbocycles. The maximum absolute atomic E-state index is 12.3. The van der Waals surface area contributed by atoms with E-state index in [0.29, 0.717) is 22.6 Å². The molecule has 6 heteroatoms. The molecule has 0 radical (unpaired) electrons. The molecule has 4 rings (SSSR count). The normalized spacial score (nSPS) is 10.7. The number of fused-ring (bicyclic) bond motifs is 1. The van der Waals surface area contributed by atoms with Crippen molar-refractivity contribution in [3.8, 4) is 11.5 Å². The first kappa shape index (κ1) is 18.8. The zero-order valence-electron chi connectivity index (χ0n) is 16.0. The van der Waals surface area contributed by atoms with Gasteiger partial charge in [0.1, 0.15) is 5.52 Å². The lowest BCUT2D eigenvalue weighted by molar-refractivity contribution is 0.0977. The molecule has 1 aromatic heterocycles. The van der Waals surface area contributed by atoms with Gasteiger partial charge in [-0.15, -0.1) is 0 Å². The first-order valence-electron chi connectivity index (χ1n) is 9.14. The van der Waals surface area contributed by atoms with Crippen molar-refractivity contribution >= 4 is 40.0 Å². The third kappa shape index (κ3) is 4.33. The Labute approximate surface area is 173 Å².